The number of halogens is 1. The van der Waals surface area contributed by atoms with E-state index in [-0.39, 0.29) is 5.88 Å². The van der Waals surface area contributed by atoms with Crippen LogP contribution in [-0.4, -0.2) is 24.7 Å². The maximum Gasteiger partial charge on any atom is 0.433 e. The van der Waals surface area contributed by atoms with Crippen molar-refractivity contribution in [1.82, 2.24) is 5.32 Å². The van der Waals surface area contributed by atoms with Gasteiger partial charge in [-0.05, 0) is 6.92 Å². The van der Waals surface area contributed by atoms with Crippen LogP contribution in [0.3, 0.4) is 0 Å². The van der Waals surface area contributed by atoms with Gasteiger partial charge in [-0.15, -0.1) is 11.6 Å². The van der Waals surface area contributed by atoms with Gasteiger partial charge in [-0.3, -0.25) is 4.84 Å². The molecule has 0 saturated carbocycles. The van der Waals surface area contributed by atoms with Crippen LogP contribution in [-0.2, 0) is 4.84 Å². The van der Waals surface area contributed by atoms with Crippen LogP contribution in [0.15, 0.2) is 5.16 Å². The fourth-order valence-electron chi connectivity index (χ4n) is 0.189. The van der Waals surface area contributed by atoms with Crippen molar-refractivity contribution in [3.05, 3.63) is 0 Å². The predicted molar refractivity (Wildman–Crippen MR) is 39.4 cm³/mol. The molecule has 0 heterocycles. The molecule has 0 atom stereocenters. The molecule has 0 unspecified atom stereocenters. The van der Waals surface area contributed by atoms with Crippen LogP contribution >= 0.6 is 11.6 Å². The second kappa shape index (κ2) is 5.05. The van der Waals surface area contributed by atoms with Crippen LogP contribution < -0.4 is 5.32 Å². The first-order valence-corrected chi connectivity index (χ1v) is 3.22. The number of amides is 1. The van der Waals surface area contributed by atoms with Crippen LogP contribution in [0, 0.1) is 0 Å². The topological polar surface area (TPSA) is 50.7 Å². The van der Waals surface area contributed by atoms with Crippen molar-refractivity contribution in [1.29, 1.82) is 0 Å². The zero-order valence-corrected chi connectivity index (χ0v) is 6.60. The van der Waals surface area contributed by atoms with Gasteiger partial charge in [0.2, 0.25) is 0 Å². The lowest BCUT2D eigenvalue weighted by Gasteiger charge is -1.94. The van der Waals surface area contributed by atoms with Gasteiger partial charge in [0.1, 0.15) is 0 Å². The van der Waals surface area contributed by atoms with Crippen LogP contribution in [0.5, 0.6) is 0 Å². The Kier molecular flexibility index (Phi) is 4.66. The van der Waals surface area contributed by atoms with Gasteiger partial charge in [-0.25, -0.2) is 4.79 Å². The molecule has 0 saturated heterocycles. The van der Waals surface area contributed by atoms with Crippen molar-refractivity contribution in [2.24, 2.45) is 5.16 Å². The highest BCUT2D eigenvalue weighted by molar-refractivity contribution is 6.28. The molecule has 1 amide bonds. The van der Waals surface area contributed by atoms with E-state index in [4.69, 9.17) is 11.6 Å². The van der Waals surface area contributed by atoms with E-state index in [2.05, 4.69) is 15.3 Å². The number of alkyl halides is 1. The van der Waals surface area contributed by atoms with Crippen molar-refractivity contribution >= 4 is 23.4 Å². The molecule has 0 aromatic heterocycles. The smallest absolute Gasteiger partial charge is 0.323 e. The number of hydrogen-bond donors (Lipinski definition) is 1. The van der Waals surface area contributed by atoms with Crippen LogP contribution in [0.4, 0.5) is 4.79 Å². The minimum Gasteiger partial charge on any atom is -0.323 e. The van der Waals surface area contributed by atoms with Gasteiger partial charge in [0.05, 0.1) is 11.6 Å². The lowest BCUT2D eigenvalue weighted by atomic mass is 10.5. The number of carbonyl (C=O) groups excluding carboxylic acids is 1. The molecule has 0 aliphatic rings. The molecule has 58 valence electrons. The van der Waals surface area contributed by atoms with Gasteiger partial charge in [-0.1, -0.05) is 5.16 Å². The van der Waals surface area contributed by atoms with Crippen LogP contribution in [0.2, 0.25) is 0 Å². The number of nitrogens with one attached hydrogen (secondary N) is 1. The molecule has 0 fully saturated rings. The number of rotatable bonds is 2. The lowest BCUT2D eigenvalue weighted by molar-refractivity contribution is 0.153. The number of carbonyl (C=O) groups is 1. The van der Waals surface area contributed by atoms with Crippen molar-refractivity contribution in [2.75, 3.05) is 12.9 Å². The van der Waals surface area contributed by atoms with Gasteiger partial charge in [0.15, 0.2) is 0 Å². The van der Waals surface area contributed by atoms with Gasteiger partial charge in [0, 0.05) is 7.05 Å². The van der Waals surface area contributed by atoms with E-state index in [1.54, 1.807) is 6.92 Å². The molecule has 0 aromatic rings. The number of oxime groups is 1. The Bertz CT molecular complexity index is 147. The summed E-state index contributed by atoms with van der Waals surface area (Å²) in [5.41, 5.74) is 0.560. The van der Waals surface area contributed by atoms with Crippen molar-refractivity contribution in [3.8, 4) is 0 Å². The Balaban J connectivity index is 3.61. The van der Waals surface area contributed by atoms with Crippen LogP contribution in [0.25, 0.3) is 0 Å². The Labute approximate surface area is 64.2 Å². The SMILES string of the molecule is CNC(=O)O/N=C(/C)CCl. The molecule has 0 aromatic carbocycles. The molecule has 0 spiro atoms. The molecular weight excluding hydrogens is 156 g/mol. The van der Waals surface area contributed by atoms with E-state index < -0.39 is 6.09 Å². The van der Waals surface area contributed by atoms with Gasteiger partial charge >= 0.3 is 6.09 Å². The molecule has 5 heteroatoms. The van der Waals surface area contributed by atoms with Crippen molar-refractivity contribution < 1.29 is 9.63 Å². The summed E-state index contributed by atoms with van der Waals surface area (Å²) in [4.78, 5) is 14.6. The number of nitrogens with zero attached hydrogens (tertiary/aromatic N) is 1. The second-order valence-corrected chi connectivity index (χ2v) is 1.86. The average Bonchev–Trinajstić information content (AvgIpc) is 1.99. The minimum atomic E-state index is -0.593. The first kappa shape index (κ1) is 9.23. The summed E-state index contributed by atoms with van der Waals surface area (Å²) in [6.07, 6.45) is -0.593. The van der Waals surface area contributed by atoms with E-state index >= 15 is 0 Å². The summed E-state index contributed by atoms with van der Waals surface area (Å²) in [6.45, 7) is 1.66. The summed E-state index contributed by atoms with van der Waals surface area (Å²) in [6, 6.07) is 0. The summed E-state index contributed by atoms with van der Waals surface area (Å²) < 4.78 is 0. The minimum absolute atomic E-state index is 0.261. The molecule has 0 aliphatic heterocycles. The van der Waals surface area contributed by atoms with E-state index in [9.17, 15) is 4.79 Å². The lowest BCUT2D eigenvalue weighted by Crippen LogP contribution is -2.17. The zero-order valence-electron chi connectivity index (χ0n) is 5.85. The fraction of sp³-hybridized carbons (Fsp3) is 0.600. The molecule has 0 bridgehead atoms. The standard InChI is InChI=1S/C5H9ClN2O2/c1-4(3-6)8-10-5(9)7-2/h3H2,1-2H3,(H,7,9)/b8-4-. The number of hydrogen-bond acceptors (Lipinski definition) is 3. The van der Waals surface area contributed by atoms with E-state index in [0.717, 1.165) is 0 Å². The zero-order chi connectivity index (χ0) is 7.98. The average molecular weight is 165 g/mol. The third-order valence-corrected chi connectivity index (χ3v) is 1.07. The predicted octanol–water partition coefficient (Wildman–Crippen LogP) is 0.957. The first-order valence-electron chi connectivity index (χ1n) is 2.69. The summed E-state index contributed by atoms with van der Waals surface area (Å²) >= 11 is 5.34. The molecule has 4 nitrogen and oxygen atoms in total. The maximum atomic E-state index is 10.3. The Morgan fingerprint density at radius 2 is 2.40 bits per heavy atom. The molecule has 0 aliphatic carbocycles. The normalized spacial score (nSPS) is 10.9. The van der Waals surface area contributed by atoms with Crippen molar-refractivity contribution in [2.45, 2.75) is 6.92 Å². The summed E-state index contributed by atoms with van der Waals surface area (Å²) in [5, 5.41) is 5.62. The van der Waals surface area contributed by atoms with E-state index in [1.165, 1.54) is 7.05 Å². The quantitative estimate of drug-likeness (QED) is 0.286. The third kappa shape index (κ3) is 4.14. The van der Waals surface area contributed by atoms with Gasteiger partial charge < -0.3 is 5.32 Å². The highest BCUT2D eigenvalue weighted by Crippen LogP contribution is 1.84. The third-order valence-electron chi connectivity index (χ3n) is 0.682. The largest absolute Gasteiger partial charge is 0.433 e. The molecule has 1 N–H and O–H groups in total. The second-order valence-electron chi connectivity index (χ2n) is 1.59. The Morgan fingerprint density at radius 3 is 2.80 bits per heavy atom. The van der Waals surface area contributed by atoms with Crippen molar-refractivity contribution in [3.63, 3.8) is 0 Å². The molecule has 0 radical (unpaired) electrons. The highest BCUT2D eigenvalue weighted by atomic mass is 35.5. The van der Waals surface area contributed by atoms with E-state index in [1.807, 2.05) is 0 Å². The van der Waals surface area contributed by atoms with Crippen LogP contribution in [0.1, 0.15) is 6.92 Å². The summed E-state index contributed by atoms with van der Waals surface area (Å²) in [5.74, 6) is 0.261. The van der Waals surface area contributed by atoms with Gasteiger partial charge in [0.25, 0.3) is 0 Å². The fourth-order valence-corrected chi connectivity index (χ4v) is 0.238. The van der Waals surface area contributed by atoms with Gasteiger partial charge in [-0.2, -0.15) is 0 Å². The summed E-state index contributed by atoms with van der Waals surface area (Å²) in [7, 11) is 1.45. The van der Waals surface area contributed by atoms with E-state index in [0.29, 0.717) is 5.71 Å². The monoisotopic (exact) mass is 164 g/mol. The Hall–Kier alpha value is -0.770. The highest BCUT2D eigenvalue weighted by Gasteiger charge is 1.94. The molecular formula is C5H9ClN2O2. The Morgan fingerprint density at radius 1 is 1.80 bits per heavy atom. The molecule has 0 rings (SSSR count). The first-order chi connectivity index (χ1) is 4.70. The maximum absolute atomic E-state index is 10.3. The molecule has 10 heavy (non-hydrogen) atoms.